The third-order valence-electron chi connectivity index (χ3n) is 3.89. The molecule has 1 aromatic carbocycles. The fraction of sp³-hybridized carbons (Fsp3) is 0.400. The third-order valence-corrected chi connectivity index (χ3v) is 4.18. The first-order valence-corrected chi connectivity index (χ1v) is 7.80. The molecular weight excluding hydrogens is 356 g/mol. The van der Waals surface area contributed by atoms with Gasteiger partial charge in [0, 0.05) is 18.5 Å². The predicted octanol–water partition coefficient (Wildman–Crippen LogP) is 2.75. The van der Waals surface area contributed by atoms with Gasteiger partial charge in [-0.1, -0.05) is 11.6 Å². The minimum absolute atomic E-state index is 0. The number of carbonyl (C=O) groups excluding carboxylic acids is 1. The van der Waals surface area contributed by atoms with Crippen LogP contribution in [0.1, 0.15) is 34.9 Å². The van der Waals surface area contributed by atoms with Gasteiger partial charge in [-0.25, -0.2) is 9.07 Å². The quantitative estimate of drug-likeness (QED) is 0.867. The molecule has 2 N–H and O–H groups in total. The standard InChI is InChI=1S/C15H17ClFN5O.ClH/c1-22-15(19-13(21-22)9-4-6-18-7-5-9)20-14(23)10-2-3-12(17)11(16)8-10;/h2-3,8-9,18H,4-7H2,1H3,(H,19,20,21,23);1H. The summed E-state index contributed by atoms with van der Waals surface area (Å²) in [6.45, 7) is 1.89. The molecule has 0 unspecified atom stereocenters. The van der Waals surface area contributed by atoms with Gasteiger partial charge in [0.25, 0.3) is 5.91 Å². The second-order valence-corrected chi connectivity index (χ2v) is 5.93. The molecule has 1 aliphatic rings. The fourth-order valence-corrected chi connectivity index (χ4v) is 2.76. The molecule has 0 saturated carbocycles. The molecule has 0 spiro atoms. The smallest absolute Gasteiger partial charge is 0.258 e. The topological polar surface area (TPSA) is 71.8 Å². The maximum atomic E-state index is 13.2. The third kappa shape index (κ3) is 4.03. The Bertz CT molecular complexity index is 731. The van der Waals surface area contributed by atoms with E-state index in [9.17, 15) is 9.18 Å². The summed E-state index contributed by atoms with van der Waals surface area (Å²) in [4.78, 5) is 16.7. The van der Waals surface area contributed by atoms with Crippen molar-refractivity contribution < 1.29 is 9.18 Å². The van der Waals surface area contributed by atoms with Crippen LogP contribution in [0, 0.1) is 5.82 Å². The summed E-state index contributed by atoms with van der Waals surface area (Å²) < 4.78 is 14.7. The van der Waals surface area contributed by atoms with Crippen molar-refractivity contribution >= 4 is 35.9 Å². The first-order valence-electron chi connectivity index (χ1n) is 7.42. The fourth-order valence-electron chi connectivity index (χ4n) is 2.58. The number of nitrogens with zero attached hydrogens (tertiary/aromatic N) is 3. The van der Waals surface area contributed by atoms with E-state index in [1.165, 1.54) is 12.1 Å². The summed E-state index contributed by atoms with van der Waals surface area (Å²) in [5.74, 6) is 0.438. The van der Waals surface area contributed by atoms with Gasteiger partial charge in [-0.3, -0.25) is 10.1 Å². The molecule has 0 aliphatic carbocycles. The average molecular weight is 374 g/mol. The van der Waals surface area contributed by atoms with E-state index < -0.39 is 11.7 Å². The van der Waals surface area contributed by atoms with E-state index in [1.54, 1.807) is 11.7 Å². The summed E-state index contributed by atoms with van der Waals surface area (Å²) in [7, 11) is 1.73. The number of hydrogen-bond donors (Lipinski definition) is 2. The van der Waals surface area contributed by atoms with Gasteiger partial charge in [-0.05, 0) is 44.1 Å². The molecule has 9 heteroatoms. The predicted molar refractivity (Wildman–Crippen MR) is 92.5 cm³/mol. The van der Waals surface area contributed by atoms with Gasteiger partial charge < -0.3 is 5.32 Å². The van der Waals surface area contributed by atoms with E-state index in [-0.39, 0.29) is 23.0 Å². The Kier molecular flexibility index (Phi) is 6.15. The Morgan fingerprint density at radius 3 is 2.79 bits per heavy atom. The highest BCUT2D eigenvalue weighted by atomic mass is 35.5. The van der Waals surface area contributed by atoms with Crippen molar-refractivity contribution in [1.82, 2.24) is 20.1 Å². The van der Waals surface area contributed by atoms with Crippen LogP contribution in [0.3, 0.4) is 0 Å². The lowest BCUT2D eigenvalue weighted by Crippen LogP contribution is -2.27. The van der Waals surface area contributed by atoms with Crippen LogP contribution in [0.5, 0.6) is 0 Å². The van der Waals surface area contributed by atoms with E-state index in [2.05, 4.69) is 20.7 Å². The summed E-state index contributed by atoms with van der Waals surface area (Å²) in [5.41, 5.74) is 0.266. The number of piperidine rings is 1. The number of hydrogen-bond acceptors (Lipinski definition) is 4. The minimum atomic E-state index is -0.560. The van der Waals surface area contributed by atoms with Crippen molar-refractivity contribution in [2.75, 3.05) is 18.4 Å². The largest absolute Gasteiger partial charge is 0.317 e. The van der Waals surface area contributed by atoms with Crippen LogP contribution in [-0.4, -0.2) is 33.8 Å². The lowest BCUT2D eigenvalue weighted by Gasteiger charge is -2.19. The van der Waals surface area contributed by atoms with E-state index in [0.717, 1.165) is 37.8 Å². The van der Waals surface area contributed by atoms with Gasteiger partial charge in [0.05, 0.1) is 5.02 Å². The van der Waals surface area contributed by atoms with Gasteiger partial charge in [0.1, 0.15) is 5.82 Å². The summed E-state index contributed by atoms with van der Waals surface area (Å²) in [6.07, 6.45) is 1.95. The second-order valence-electron chi connectivity index (χ2n) is 5.52. The summed E-state index contributed by atoms with van der Waals surface area (Å²) in [6, 6.07) is 3.82. The lowest BCUT2D eigenvalue weighted by molar-refractivity contribution is 0.102. The highest BCUT2D eigenvalue weighted by molar-refractivity contribution is 6.31. The van der Waals surface area contributed by atoms with Crippen LogP contribution in [0.2, 0.25) is 5.02 Å². The normalized spacial score (nSPS) is 15.0. The highest BCUT2D eigenvalue weighted by Gasteiger charge is 2.21. The van der Waals surface area contributed by atoms with Crippen LogP contribution in [0.25, 0.3) is 0 Å². The van der Waals surface area contributed by atoms with Crippen LogP contribution >= 0.6 is 24.0 Å². The Balaban J connectivity index is 0.00000208. The molecule has 0 radical (unpaired) electrons. The Morgan fingerprint density at radius 1 is 1.42 bits per heavy atom. The molecule has 6 nitrogen and oxygen atoms in total. The van der Waals surface area contributed by atoms with Crippen molar-refractivity contribution in [1.29, 1.82) is 0 Å². The number of nitrogens with one attached hydrogen (secondary N) is 2. The molecule has 0 bridgehead atoms. The number of benzene rings is 1. The average Bonchev–Trinajstić information content (AvgIpc) is 2.92. The monoisotopic (exact) mass is 373 g/mol. The molecule has 2 aromatic rings. The lowest BCUT2D eigenvalue weighted by atomic mass is 9.98. The number of aromatic nitrogens is 3. The molecule has 130 valence electrons. The van der Waals surface area contributed by atoms with Crippen LogP contribution in [0.4, 0.5) is 10.3 Å². The van der Waals surface area contributed by atoms with Gasteiger partial charge in [0.2, 0.25) is 5.95 Å². The first-order chi connectivity index (χ1) is 11.0. The van der Waals surface area contributed by atoms with Crippen molar-refractivity contribution in [2.45, 2.75) is 18.8 Å². The van der Waals surface area contributed by atoms with Gasteiger partial charge in [-0.15, -0.1) is 12.4 Å². The Labute approximate surface area is 150 Å². The van der Waals surface area contributed by atoms with Crippen LogP contribution in [0.15, 0.2) is 18.2 Å². The molecule has 1 aliphatic heterocycles. The number of aryl methyl sites for hydroxylation is 1. The number of carbonyl (C=O) groups is 1. The van der Waals surface area contributed by atoms with Crippen molar-refractivity contribution in [3.8, 4) is 0 Å². The zero-order valence-electron chi connectivity index (χ0n) is 13.1. The maximum Gasteiger partial charge on any atom is 0.258 e. The van der Waals surface area contributed by atoms with Gasteiger partial charge in [-0.2, -0.15) is 10.1 Å². The molecule has 0 atom stereocenters. The molecule has 1 saturated heterocycles. The van der Waals surface area contributed by atoms with E-state index in [0.29, 0.717) is 11.9 Å². The summed E-state index contributed by atoms with van der Waals surface area (Å²) in [5, 5.41) is 10.3. The van der Waals surface area contributed by atoms with Crippen LogP contribution < -0.4 is 10.6 Å². The molecule has 3 rings (SSSR count). The molecular formula is C15H18Cl2FN5O. The number of rotatable bonds is 3. The number of anilines is 1. The zero-order chi connectivity index (χ0) is 16.4. The van der Waals surface area contributed by atoms with Crippen molar-refractivity contribution in [2.24, 2.45) is 7.05 Å². The molecule has 2 heterocycles. The molecule has 1 amide bonds. The summed E-state index contributed by atoms with van der Waals surface area (Å²) >= 11 is 5.70. The van der Waals surface area contributed by atoms with E-state index in [4.69, 9.17) is 11.6 Å². The molecule has 1 fully saturated rings. The molecule has 24 heavy (non-hydrogen) atoms. The van der Waals surface area contributed by atoms with Gasteiger partial charge in [0.15, 0.2) is 5.82 Å². The van der Waals surface area contributed by atoms with E-state index >= 15 is 0 Å². The SMILES string of the molecule is Cl.Cn1nc(C2CCNCC2)nc1NC(=O)c1ccc(F)c(Cl)c1. The maximum absolute atomic E-state index is 13.2. The van der Waals surface area contributed by atoms with Crippen molar-refractivity contribution in [3.63, 3.8) is 0 Å². The number of halogens is 3. The highest BCUT2D eigenvalue weighted by Crippen LogP contribution is 2.23. The molecule has 1 aromatic heterocycles. The second kappa shape index (κ2) is 7.92. The minimum Gasteiger partial charge on any atom is -0.317 e. The van der Waals surface area contributed by atoms with Crippen molar-refractivity contribution in [3.05, 3.63) is 40.4 Å². The first kappa shape index (κ1) is 18.6. The Hall–Kier alpha value is -1.70. The number of amides is 1. The zero-order valence-corrected chi connectivity index (χ0v) is 14.6. The van der Waals surface area contributed by atoms with Gasteiger partial charge >= 0.3 is 0 Å². The van der Waals surface area contributed by atoms with Crippen LogP contribution in [-0.2, 0) is 7.05 Å². The Morgan fingerprint density at radius 2 is 2.12 bits per heavy atom. The van der Waals surface area contributed by atoms with E-state index in [1.807, 2.05) is 0 Å².